The Morgan fingerprint density at radius 1 is 0.696 bits per heavy atom. The third-order valence-corrected chi connectivity index (χ3v) is 9.31. The summed E-state index contributed by atoms with van der Waals surface area (Å²) in [5.41, 5.74) is 2.03. The average molecular weight is 831 g/mol. The standard InChI is InChI=1S/C40H40BrN5O10/c1-23(47)56-34-22-35(48)43-30(18-24-6-3-2-4-7-24)36(49)44-31(19-25-9-13-27(41)14-10-25)37(50)45-32(21-29-8-5-17-55-29)38(51)46-33(40(53)54)20-26-11-15-28(16-12-26)42-39(34)52/h2-17,30-34H,18-22H2,1H3,(H,42,52)(H,43,48)(H,44,49)(H,45,50)(H,46,51)(H,53,54)/t30-,31+,32-,33-,34-/m1/s1. The number of esters is 1. The van der Waals surface area contributed by atoms with Crippen LogP contribution in [0.5, 0.6) is 0 Å². The number of nitrogens with one attached hydrogen (secondary N) is 5. The maximum Gasteiger partial charge on any atom is 0.326 e. The number of furan rings is 1. The number of carbonyl (C=O) groups is 7. The number of carboxylic acids is 1. The smallest absolute Gasteiger partial charge is 0.326 e. The van der Waals surface area contributed by atoms with Crippen LogP contribution in [0.2, 0.25) is 0 Å². The lowest BCUT2D eigenvalue weighted by Crippen LogP contribution is -2.59. The first-order valence-corrected chi connectivity index (χ1v) is 18.4. The summed E-state index contributed by atoms with van der Waals surface area (Å²) in [6.45, 7) is 1.08. The lowest BCUT2D eigenvalue weighted by molar-refractivity contribution is -0.153. The molecule has 2 aliphatic rings. The fourth-order valence-corrected chi connectivity index (χ4v) is 6.24. The molecular formula is C40H40BrN5O10. The Labute approximate surface area is 330 Å². The molecule has 292 valence electrons. The zero-order valence-electron chi connectivity index (χ0n) is 30.2. The Morgan fingerprint density at radius 2 is 1.29 bits per heavy atom. The highest BCUT2D eigenvalue weighted by molar-refractivity contribution is 9.10. The summed E-state index contributed by atoms with van der Waals surface area (Å²) in [5.74, 6) is -5.85. The monoisotopic (exact) mass is 829 g/mol. The van der Waals surface area contributed by atoms with Gasteiger partial charge in [0.1, 0.15) is 29.9 Å². The number of aliphatic carboxylic acids is 1. The van der Waals surface area contributed by atoms with Gasteiger partial charge in [0.05, 0.1) is 12.7 Å². The first kappa shape index (κ1) is 40.9. The molecule has 5 amide bonds. The molecule has 6 N–H and O–H groups in total. The Kier molecular flexibility index (Phi) is 14.1. The maximum atomic E-state index is 14.2. The van der Waals surface area contributed by atoms with Crippen LogP contribution in [0.4, 0.5) is 5.69 Å². The molecule has 0 spiro atoms. The fraction of sp³-hybridized carbons (Fsp3) is 0.275. The van der Waals surface area contributed by atoms with Crippen molar-refractivity contribution in [3.8, 4) is 0 Å². The van der Waals surface area contributed by atoms with Gasteiger partial charge >= 0.3 is 11.9 Å². The lowest BCUT2D eigenvalue weighted by atomic mass is 10.0. The summed E-state index contributed by atoms with van der Waals surface area (Å²) in [7, 11) is 0. The Bertz CT molecular complexity index is 2020. The van der Waals surface area contributed by atoms with Gasteiger partial charge in [-0.2, -0.15) is 0 Å². The number of hydrogen-bond donors (Lipinski definition) is 6. The number of carbonyl (C=O) groups excluding carboxylic acids is 6. The van der Waals surface area contributed by atoms with Gasteiger partial charge in [-0.05, 0) is 53.1 Å². The van der Waals surface area contributed by atoms with Gasteiger partial charge in [-0.3, -0.25) is 28.8 Å². The second-order valence-corrected chi connectivity index (χ2v) is 14.1. The molecule has 4 aromatic rings. The first-order chi connectivity index (χ1) is 26.8. The minimum Gasteiger partial charge on any atom is -0.480 e. The molecule has 0 saturated heterocycles. The predicted octanol–water partition coefficient (Wildman–Crippen LogP) is 2.61. The molecule has 2 bridgehead atoms. The molecule has 16 heteroatoms. The molecule has 3 heterocycles. The van der Waals surface area contributed by atoms with E-state index in [9.17, 15) is 38.7 Å². The van der Waals surface area contributed by atoms with E-state index in [1.165, 1.54) is 30.5 Å². The van der Waals surface area contributed by atoms with E-state index in [1.807, 2.05) is 0 Å². The molecule has 15 nitrogen and oxygen atoms in total. The highest BCUT2D eigenvalue weighted by Gasteiger charge is 2.34. The number of halogens is 1. The van der Waals surface area contributed by atoms with Gasteiger partial charge < -0.3 is 40.8 Å². The zero-order valence-corrected chi connectivity index (χ0v) is 31.7. The van der Waals surface area contributed by atoms with Gasteiger partial charge in [0.25, 0.3) is 5.91 Å². The van der Waals surface area contributed by atoms with E-state index in [1.54, 1.807) is 66.7 Å². The highest BCUT2D eigenvalue weighted by atomic mass is 79.9. The predicted molar refractivity (Wildman–Crippen MR) is 205 cm³/mol. The Balaban J connectivity index is 1.54. The van der Waals surface area contributed by atoms with Crippen LogP contribution in [0.1, 0.15) is 35.8 Å². The van der Waals surface area contributed by atoms with Crippen molar-refractivity contribution in [3.63, 3.8) is 0 Å². The number of anilines is 1. The molecule has 2 aliphatic heterocycles. The summed E-state index contributed by atoms with van der Waals surface area (Å²) < 4.78 is 11.4. The molecular weight excluding hydrogens is 790 g/mol. The number of carboxylic acid groups (broad SMARTS) is 1. The summed E-state index contributed by atoms with van der Waals surface area (Å²) in [4.78, 5) is 93.4. The zero-order chi connectivity index (χ0) is 40.2. The molecule has 6 rings (SSSR count). The van der Waals surface area contributed by atoms with Crippen LogP contribution < -0.4 is 26.6 Å². The Morgan fingerprint density at radius 3 is 1.88 bits per heavy atom. The van der Waals surface area contributed by atoms with Gasteiger partial charge in [0, 0.05) is 42.8 Å². The first-order valence-electron chi connectivity index (χ1n) is 17.6. The Hall–Kier alpha value is -6.29. The number of hydrogen-bond acceptors (Lipinski definition) is 9. The highest BCUT2D eigenvalue weighted by Crippen LogP contribution is 2.16. The van der Waals surface area contributed by atoms with E-state index in [2.05, 4.69) is 42.5 Å². The molecule has 56 heavy (non-hydrogen) atoms. The molecule has 0 unspecified atom stereocenters. The average Bonchev–Trinajstić information content (AvgIpc) is 3.68. The summed E-state index contributed by atoms with van der Waals surface area (Å²) in [6.07, 6.45) is -1.24. The SMILES string of the molecule is CC(=O)O[C@@H]1CC(=O)N[C@H](Cc2ccccc2)C(=O)N[C@@H](Cc2ccc(Br)cc2)C(=O)N[C@H](Cc2ccco2)C(=O)N[C@@H](C(=O)O)Cc2ccc(cc2)NC1=O. The van der Waals surface area contributed by atoms with E-state index in [-0.39, 0.29) is 31.4 Å². The molecule has 1 aromatic heterocycles. The largest absolute Gasteiger partial charge is 0.480 e. The summed E-state index contributed by atoms with van der Waals surface area (Å²) >= 11 is 3.39. The number of rotatable bonds is 8. The van der Waals surface area contributed by atoms with E-state index in [4.69, 9.17) is 9.15 Å². The van der Waals surface area contributed by atoms with Gasteiger partial charge in [-0.25, -0.2) is 4.79 Å². The van der Waals surface area contributed by atoms with Crippen LogP contribution in [0, 0.1) is 0 Å². The molecule has 0 fully saturated rings. The molecule has 0 aliphatic carbocycles. The summed E-state index contributed by atoms with van der Waals surface area (Å²) in [5, 5.41) is 23.2. The maximum absolute atomic E-state index is 14.2. The number of ether oxygens (including phenoxy) is 1. The molecule has 5 atom stereocenters. The van der Waals surface area contributed by atoms with Crippen LogP contribution in [-0.4, -0.2) is 76.9 Å². The van der Waals surface area contributed by atoms with E-state index < -0.39 is 78.2 Å². The van der Waals surface area contributed by atoms with Crippen molar-refractivity contribution >= 4 is 63.1 Å². The topological polar surface area (TPSA) is 222 Å². The van der Waals surface area contributed by atoms with Crippen molar-refractivity contribution in [2.75, 3.05) is 5.32 Å². The van der Waals surface area contributed by atoms with Crippen LogP contribution in [0.25, 0.3) is 0 Å². The third-order valence-electron chi connectivity index (χ3n) is 8.79. The normalized spacial score (nSPS) is 21.3. The van der Waals surface area contributed by atoms with Crippen LogP contribution >= 0.6 is 15.9 Å². The minimum absolute atomic E-state index is 0.0259. The summed E-state index contributed by atoms with van der Waals surface area (Å²) in [6, 6.07) is 19.6. The second kappa shape index (κ2) is 19.3. The van der Waals surface area contributed by atoms with Crippen LogP contribution in [0.3, 0.4) is 0 Å². The number of fused-ring (bicyclic) bond motifs is 18. The molecule has 3 aromatic carbocycles. The van der Waals surface area contributed by atoms with Crippen molar-refractivity contribution in [2.45, 2.75) is 69.3 Å². The quantitative estimate of drug-likeness (QED) is 0.113. The molecule has 0 saturated carbocycles. The van der Waals surface area contributed by atoms with E-state index in [0.29, 0.717) is 22.5 Å². The number of amides is 5. The minimum atomic E-state index is -1.59. The van der Waals surface area contributed by atoms with Crippen molar-refractivity contribution in [1.82, 2.24) is 21.3 Å². The van der Waals surface area contributed by atoms with Gasteiger partial charge in [-0.1, -0.05) is 70.5 Å². The van der Waals surface area contributed by atoms with Crippen molar-refractivity contribution in [1.29, 1.82) is 0 Å². The van der Waals surface area contributed by atoms with Crippen molar-refractivity contribution < 1.29 is 47.8 Å². The number of benzene rings is 3. The fourth-order valence-electron chi connectivity index (χ4n) is 5.97. The van der Waals surface area contributed by atoms with E-state index in [0.717, 1.165) is 11.4 Å². The van der Waals surface area contributed by atoms with Gasteiger partial charge in [-0.15, -0.1) is 0 Å². The van der Waals surface area contributed by atoms with Crippen LogP contribution in [0.15, 0.2) is 106 Å². The van der Waals surface area contributed by atoms with Crippen molar-refractivity contribution in [3.05, 3.63) is 124 Å². The van der Waals surface area contributed by atoms with Gasteiger partial charge in [0.2, 0.25) is 23.6 Å². The van der Waals surface area contributed by atoms with Crippen molar-refractivity contribution in [2.24, 2.45) is 0 Å². The lowest BCUT2D eigenvalue weighted by Gasteiger charge is -2.26. The third kappa shape index (κ3) is 12.1. The van der Waals surface area contributed by atoms with E-state index >= 15 is 0 Å². The van der Waals surface area contributed by atoms with Gasteiger partial charge in [0.15, 0.2) is 6.10 Å². The molecule has 0 radical (unpaired) electrons. The second-order valence-electron chi connectivity index (χ2n) is 13.1. The van der Waals surface area contributed by atoms with Crippen LogP contribution in [-0.2, 0) is 64.0 Å².